The molecule has 0 bridgehead atoms. The van der Waals surface area contributed by atoms with E-state index in [1.165, 1.54) is 0 Å². The molecule has 0 radical (unpaired) electrons. The number of aliphatic imine (C=N–C) groups is 1. The van der Waals surface area contributed by atoms with E-state index in [0.717, 1.165) is 22.1 Å². The Bertz CT molecular complexity index is 658. The van der Waals surface area contributed by atoms with Crippen molar-refractivity contribution in [3.05, 3.63) is 40.3 Å². The number of anilines is 1. The third kappa shape index (κ3) is 4.21. The highest BCUT2D eigenvalue weighted by Gasteiger charge is 2.17. The van der Waals surface area contributed by atoms with E-state index in [2.05, 4.69) is 41.4 Å². The van der Waals surface area contributed by atoms with Gasteiger partial charge < -0.3 is 15.8 Å². The number of rotatable bonds is 4. The number of guanidine groups is 1. The second-order valence-corrected chi connectivity index (χ2v) is 6.85. The SMILES string of the molecule is COc1ccccc1NC(N)=NCc1nc(C(C)(C)C)cs1. The molecule has 0 saturated heterocycles. The van der Waals surface area contributed by atoms with Crippen LogP contribution in [0.5, 0.6) is 5.75 Å². The molecule has 1 aromatic carbocycles. The molecule has 6 heteroatoms. The first kappa shape index (κ1) is 16.3. The van der Waals surface area contributed by atoms with Gasteiger partial charge in [0.1, 0.15) is 10.8 Å². The lowest BCUT2D eigenvalue weighted by Gasteiger charge is -2.14. The number of thiazole rings is 1. The summed E-state index contributed by atoms with van der Waals surface area (Å²) >= 11 is 1.61. The van der Waals surface area contributed by atoms with Gasteiger partial charge in [-0.2, -0.15) is 0 Å². The molecule has 22 heavy (non-hydrogen) atoms. The Morgan fingerprint density at radius 1 is 1.36 bits per heavy atom. The maximum atomic E-state index is 5.93. The Morgan fingerprint density at radius 3 is 2.73 bits per heavy atom. The summed E-state index contributed by atoms with van der Waals surface area (Å²) in [5.74, 6) is 1.07. The Labute approximate surface area is 135 Å². The van der Waals surface area contributed by atoms with Crippen LogP contribution in [-0.4, -0.2) is 18.1 Å². The van der Waals surface area contributed by atoms with E-state index < -0.39 is 0 Å². The van der Waals surface area contributed by atoms with E-state index in [9.17, 15) is 0 Å². The van der Waals surface area contributed by atoms with Crippen LogP contribution in [0.1, 0.15) is 31.5 Å². The molecule has 5 nitrogen and oxygen atoms in total. The Hall–Kier alpha value is -2.08. The lowest BCUT2D eigenvalue weighted by atomic mass is 9.93. The van der Waals surface area contributed by atoms with Gasteiger partial charge >= 0.3 is 0 Å². The van der Waals surface area contributed by atoms with Crippen molar-refractivity contribution in [3.8, 4) is 5.75 Å². The highest BCUT2D eigenvalue weighted by atomic mass is 32.1. The van der Waals surface area contributed by atoms with E-state index in [1.807, 2.05) is 24.3 Å². The predicted molar refractivity (Wildman–Crippen MR) is 92.8 cm³/mol. The Kier molecular flexibility index (Phi) is 5.03. The fourth-order valence-corrected chi connectivity index (χ4v) is 2.75. The van der Waals surface area contributed by atoms with Gasteiger partial charge in [-0.25, -0.2) is 9.98 Å². The third-order valence-electron chi connectivity index (χ3n) is 3.07. The van der Waals surface area contributed by atoms with Gasteiger partial charge in [-0.1, -0.05) is 32.9 Å². The number of nitrogens with two attached hydrogens (primary N) is 1. The molecule has 0 aliphatic heterocycles. The molecule has 0 unspecified atom stereocenters. The fourth-order valence-electron chi connectivity index (χ4n) is 1.81. The zero-order chi connectivity index (χ0) is 16.2. The molecule has 0 amide bonds. The summed E-state index contributed by atoms with van der Waals surface area (Å²) in [6.45, 7) is 6.90. The monoisotopic (exact) mass is 318 g/mol. The first-order valence-electron chi connectivity index (χ1n) is 7.05. The summed E-state index contributed by atoms with van der Waals surface area (Å²) in [4.78, 5) is 8.93. The van der Waals surface area contributed by atoms with Crippen LogP contribution in [0, 0.1) is 0 Å². The van der Waals surface area contributed by atoms with Crippen molar-refractivity contribution in [1.29, 1.82) is 0 Å². The molecule has 0 saturated carbocycles. The lowest BCUT2D eigenvalue weighted by Crippen LogP contribution is -2.23. The van der Waals surface area contributed by atoms with Crippen LogP contribution < -0.4 is 15.8 Å². The van der Waals surface area contributed by atoms with Gasteiger partial charge in [0.05, 0.1) is 25.0 Å². The molecule has 0 spiro atoms. The van der Waals surface area contributed by atoms with E-state index in [4.69, 9.17) is 10.5 Å². The molecule has 0 aliphatic rings. The largest absolute Gasteiger partial charge is 0.495 e. The van der Waals surface area contributed by atoms with Crippen molar-refractivity contribution in [1.82, 2.24) is 4.98 Å². The Morgan fingerprint density at radius 2 is 2.09 bits per heavy atom. The molecular formula is C16H22N4OS. The maximum absolute atomic E-state index is 5.93. The van der Waals surface area contributed by atoms with Crippen LogP contribution in [-0.2, 0) is 12.0 Å². The summed E-state index contributed by atoms with van der Waals surface area (Å²) in [6.07, 6.45) is 0. The molecule has 118 valence electrons. The molecule has 0 atom stereocenters. The highest BCUT2D eigenvalue weighted by Crippen LogP contribution is 2.24. The van der Waals surface area contributed by atoms with E-state index in [1.54, 1.807) is 18.4 Å². The van der Waals surface area contributed by atoms with Gasteiger partial charge in [-0.05, 0) is 12.1 Å². The van der Waals surface area contributed by atoms with Crippen LogP contribution in [0.3, 0.4) is 0 Å². The molecule has 0 fully saturated rings. The van der Waals surface area contributed by atoms with Crippen molar-refractivity contribution < 1.29 is 4.74 Å². The molecule has 3 N–H and O–H groups in total. The molecule has 1 aromatic heterocycles. The predicted octanol–water partition coefficient (Wildman–Crippen LogP) is 3.38. The maximum Gasteiger partial charge on any atom is 0.193 e. The highest BCUT2D eigenvalue weighted by molar-refractivity contribution is 7.09. The number of methoxy groups -OCH3 is 1. The molecular weight excluding hydrogens is 296 g/mol. The third-order valence-corrected chi connectivity index (χ3v) is 3.91. The van der Waals surface area contributed by atoms with Crippen molar-refractivity contribution >= 4 is 23.0 Å². The minimum Gasteiger partial charge on any atom is -0.495 e. The van der Waals surface area contributed by atoms with Crippen molar-refractivity contribution in [2.45, 2.75) is 32.7 Å². The molecule has 1 heterocycles. The van der Waals surface area contributed by atoms with Gasteiger partial charge in [0.15, 0.2) is 5.96 Å². The van der Waals surface area contributed by atoms with Crippen molar-refractivity contribution in [3.63, 3.8) is 0 Å². The first-order valence-corrected chi connectivity index (χ1v) is 7.93. The van der Waals surface area contributed by atoms with Crippen LogP contribution in [0.15, 0.2) is 34.6 Å². The average molecular weight is 318 g/mol. The average Bonchev–Trinajstić information content (AvgIpc) is 2.95. The topological polar surface area (TPSA) is 72.5 Å². The lowest BCUT2D eigenvalue weighted by molar-refractivity contribution is 0.417. The first-order chi connectivity index (χ1) is 10.4. The normalized spacial score (nSPS) is 12.3. The molecule has 2 aromatic rings. The van der Waals surface area contributed by atoms with Gasteiger partial charge in [0.2, 0.25) is 0 Å². The molecule has 2 rings (SSSR count). The van der Waals surface area contributed by atoms with Crippen LogP contribution in [0.2, 0.25) is 0 Å². The standard InChI is InChI=1S/C16H22N4OS/c1-16(2,3)13-10-22-14(20-13)9-18-15(17)19-11-7-5-6-8-12(11)21-4/h5-8,10H,9H2,1-4H3,(H3,17,18,19). The van der Waals surface area contributed by atoms with Gasteiger partial charge in [0, 0.05) is 10.8 Å². The van der Waals surface area contributed by atoms with E-state index >= 15 is 0 Å². The number of aromatic nitrogens is 1. The number of hydrogen-bond donors (Lipinski definition) is 2. The van der Waals surface area contributed by atoms with E-state index in [-0.39, 0.29) is 5.41 Å². The zero-order valence-electron chi connectivity index (χ0n) is 13.4. The minimum atomic E-state index is 0.0552. The van der Waals surface area contributed by atoms with Gasteiger partial charge in [0.25, 0.3) is 0 Å². The van der Waals surface area contributed by atoms with Crippen LogP contribution in [0.4, 0.5) is 5.69 Å². The van der Waals surface area contributed by atoms with Gasteiger partial charge in [-0.15, -0.1) is 11.3 Å². The second kappa shape index (κ2) is 6.79. The van der Waals surface area contributed by atoms with Crippen molar-refractivity contribution in [2.24, 2.45) is 10.7 Å². The summed E-state index contributed by atoms with van der Waals surface area (Å²) in [5.41, 5.74) is 7.86. The molecule has 0 aliphatic carbocycles. The summed E-state index contributed by atoms with van der Waals surface area (Å²) < 4.78 is 5.27. The number of nitrogens with zero attached hydrogens (tertiary/aromatic N) is 2. The number of hydrogen-bond acceptors (Lipinski definition) is 4. The Balaban J connectivity index is 2.02. The van der Waals surface area contributed by atoms with Crippen molar-refractivity contribution in [2.75, 3.05) is 12.4 Å². The fraction of sp³-hybridized carbons (Fsp3) is 0.375. The number of para-hydroxylation sites is 2. The summed E-state index contributed by atoms with van der Waals surface area (Å²) in [6, 6.07) is 7.57. The number of ether oxygens (including phenoxy) is 1. The van der Waals surface area contributed by atoms with E-state index in [0.29, 0.717) is 12.5 Å². The van der Waals surface area contributed by atoms with Crippen LogP contribution >= 0.6 is 11.3 Å². The summed E-state index contributed by atoms with van der Waals surface area (Å²) in [5, 5.41) is 6.08. The minimum absolute atomic E-state index is 0.0552. The second-order valence-electron chi connectivity index (χ2n) is 5.90. The van der Waals surface area contributed by atoms with Gasteiger partial charge in [-0.3, -0.25) is 0 Å². The quantitative estimate of drug-likeness (QED) is 0.669. The number of nitrogens with one attached hydrogen (secondary N) is 1. The summed E-state index contributed by atoms with van der Waals surface area (Å²) in [7, 11) is 1.62. The number of benzene rings is 1. The zero-order valence-corrected chi connectivity index (χ0v) is 14.2. The smallest absolute Gasteiger partial charge is 0.193 e. The van der Waals surface area contributed by atoms with Crippen LogP contribution in [0.25, 0.3) is 0 Å².